The molecule has 0 saturated heterocycles. The lowest BCUT2D eigenvalue weighted by molar-refractivity contribution is 0.413. The van der Waals surface area contributed by atoms with Crippen LogP contribution in [0.15, 0.2) is 35.0 Å². The first-order valence-electron chi connectivity index (χ1n) is 5.46. The molecule has 2 aromatic heterocycles. The zero-order chi connectivity index (χ0) is 12.3. The van der Waals surface area contributed by atoms with Crippen LogP contribution in [-0.4, -0.2) is 18.2 Å². The summed E-state index contributed by atoms with van der Waals surface area (Å²) in [7, 11) is -1.37. The zero-order valence-corrected chi connectivity index (χ0v) is 11.2. The third kappa shape index (κ3) is 3.30. The summed E-state index contributed by atoms with van der Waals surface area (Å²) in [4.78, 5) is 4.21. The molecular formula is C13H14N2OSi. The summed E-state index contributed by atoms with van der Waals surface area (Å²) in [6.45, 7) is 6.57. The van der Waals surface area contributed by atoms with E-state index < -0.39 is 8.07 Å². The Bertz CT molecular complexity index is 558. The van der Waals surface area contributed by atoms with Gasteiger partial charge in [-0.2, -0.15) is 0 Å². The van der Waals surface area contributed by atoms with Crippen molar-refractivity contribution in [3.8, 4) is 22.9 Å². The van der Waals surface area contributed by atoms with E-state index in [9.17, 15) is 0 Å². The third-order valence-electron chi connectivity index (χ3n) is 2.00. The van der Waals surface area contributed by atoms with Gasteiger partial charge in [0, 0.05) is 12.3 Å². The van der Waals surface area contributed by atoms with Crippen molar-refractivity contribution in [3.63, 3.8) is 0 Å². The molecule has 0 radical (unpaired) electrons. The van der Waals surface area contributed by atoms with E-state index in [4.69, 9.17) is 4.52 Å². The lowest BCUT2D eigenvalue weighted by atomic mass is 10.2. The van der Waals surface area contributed by atoms with Crippen LogP contribution < -0.4 is 0 Å². The fraction of sp³-hybridized carbons (Fsp3) is 0.231. The van der Waals surface area contributed by atoms with Crippen molar-refractivity contribution in [3.05, 3.63) is 36.2 Å². The van der Waals surface area contributed by atoms with E-state index in [1.54, 1.807) is 6.20 Å². The van der Waals surface area contributed by atoms with Gasteiger partial charge in [-0.3, -0.25) is 4.98 Å². The van der Waals surface area contributed by atoms with Gasteiger partial charge in [0.2, 0.25) is 5.76 Å². The van der Waals surface area contributed by atoms with Crippen molar-refractivity contribution in [2.45, 2.75) is 19.6 Å². The van der Waals surface area contributed by atoms with Crippen LogP contribution in [0.3, 0.4) is 0 Å². The Morgan fingerprint density at radius 1 is 1.18 bits per heavy atom. The van der Waals surface area contributed by atoms with Gasteiger partial charge in [0.15, 0.2) is 0 Å². The van der Waals surface area contributed by atoms with Crippen LogP contribution in [0.1, 0.15) is 5.76 Å². The van der Waals surface area contributed by atoms with Crippen molar-refractivity contribution in [2.75, 3.05) is 0 Å². The summed E-state index contributed by atoms with van der Waals surface area (Å²) < 4.78 is 5.17. The predicted octanol–water partition coefficient (Wildman–Crippen LogP) is 2.97. The highest BCUT2D eigenvalue weighted by molar-refractivity contribution is 6.83. The van der Waals surface area contributed by atoms with Gasteiger partial charge in [-0.05, 0) is 18.1 Å². The van der Waals surface area contributed by atoms with Gasteiger partial charge in [-0.1, -0.05) is 30.9 Å². The van der Waals surface area contributed by atoms with E-state index in [-0.39, 0.29) is 0 Å². The number of pyridine rings is 1. The molecule has 0 N–H and O–H groups in total. The normalized spacial score (nSPS) is 10.8. The van der Waals surface area contributed by atoms with Crippen LogP contribution in [0.4, 0.5) is 0 Å². The molecule has 0 aliphatic carbocycles. The van der Waals surface area contributed by atoms with Crippen molar-refractivity contribution in [1.29, 1.82) is 0 Å². The Kier molecular flexibility index (Phi) is 3.11. The molecular weight excluding hydrogens is 228 g/mol. The smallest absolute Gasteiger partial charge is 0.209 e. The van der Waals surface area contributed by atoms with Crippen molar-refractivity contribution >= 4 is 8.07 Å². The molecule has 4 heteroatoms. The minimum Gasteiger partial charge on any atom is -0.347 e. The van der Waals surface area contributed by atoms with E-state index in [1.807, 2.05) is 24.3 Å². The molecule has 0 saturated carbocycles. The molecule has 0 aromatic carbocycles. The topological polar surface area (TPSA) is 38.9 Å². The highest BCUT2D eigenvalue weighted by atomic mass is 28.3. The van der Waals surface area contributed by atoms with Gasteiger partial charge < -0.3 is 4.52 Å². The number of aromatic nitrogens is 2. The van der Waals surface area contributed by atoms with Crippen LogP contribution in [-0.2, 0) is 0 Å². The summed E-state index contributed by atoms with van der Waals surface area (Å²) in [5.74, 6) is 3.63. The monoisotopic (exact) mass is 242 g/mol. The summed E-state index contributed by atoms with van der Waals surface area (Å²) in [5.41, 5.74) is 4.77. The van der Waals surface area contributed by atoms with Gasteiger partial charge in [0.05, 0.1) is 5.69 Å². The predicted molar refractivity (Wildman–Crippen MR) is 70.0 cm³/mol. The molecule has 2 aromatic rings. The van der Waals surface area contributed by atoms with Gasteiger partial charge >= 0.3 is 0 Å². The second kappa shape index (κ2) is 4.56. The highest BCUT2D eigenvalue weighted by Crippen LogP contribution is 2.15. The summed E-state index contributed by atoms with van der Waals surface area (Å²) in [5, 5.41) is 3.96. The van der Waals surface area contributed by atoms with Crippen LogP contribution in [0.2, 0.25) is 19.6 Å². The number of hydrogen-bond donors (Lipinski definition) is 0. The largest absolute Gasteiger partial charge is 0.347 e. The first-order chi connectivity index (χ1) is 8.04. The second-order valence-corrected chi connectivity index (χ2v) is 9.54. The molecule has 0 spiro atoms. The lowest BCUT2D eigenvalue weighted by Crippen LogP contribution is -2.16. The van der Waals surface area contributed by atoms with Gasteiger partial charge in [-0.25, -0.2) is 0 Å². The fourth-order valence-corrected chi connectivity index (χ4v) is 1.72. The molecule has 17 heavy (non-hydrogen) atoms. The Hall–Kier alpha value is -1.86. The van der Waals surface area contributed by atoms with Crippen molar-refractivity contribution in [2.24, 2.45) is 0 Å². The summed E-state index contributed by atoms with van der Waals surface area (Å²) in [6, 6.07) is 7.52. The number of hydrogen-bond acceptors (Lipinski definition) is 3. The number of rotatable bonds is 1. The zero-order valence-electron chi connectivity index (χ0n) is 10.2. The van der Waals surface area contributed by atoms with E-state index >= 15 is 0 Å². The summed E-state index contributed by atoms with van der Waals surface area (Å²) >= 11 is 0. The van der Waals surface area contributed by atoms with Crippen LogP contribution in [0, 0.1) is 11.5 Å². The molecule has 3 nitrogen and oxygen atoms in total. The summed E-state index contributed by atoms with van der Waals surface area (Å²) in [6.07, 6.45) is 1.73. The Balaban J connectivity index is 2.25. The standard InChI is InChI=1S/C13H14N2OSi/c1-17(2,3)9-7-11-10-13(15-16-11)12-6-4-5-8-14-12/h4-6,8,10H,1-3H3. The van der Waals surface area contributed by atoms with E-state index in [0.29, 0.717) is 5.76 Å². The maximum absolute atomic E-state index is 5.17. The molecule has 0 unspecified atom stereocenters. The second-order valence-electron chi connectivity index (χ2n) is 4.79. The average Bonchev–Trinajstić information content (AvgIpc) is 2.75. The molecule has 2 rings (SSSR count). The maximum Gasteiger partial charge on any atom is 0.209 e. The Morgan fingerprint density at radius 3 is 2.65 bits per heavy atom. The first kappa shape index (κ1) is 11.6. The SMILES string of the molecule is C[Si](C)(C)C#Cc1cc(-c2ccccn2)no1. The molecule has 2 heterocycles. The molecule has 0 amide bonds. The molecule has 0 fully saturated rings. The van der Waals surface area contributed by atoms with Gasteiger partial charge in [0.1, 0.15) is 13.8 Å². The Morgan fingerprint density at radius 2 is 2.00 bits per heavy atom. The minimum absolute atomic E-state index is 0.605. The van der Waals surface area contributed by atoms with Gasteiger partial charge in [-0.15, -0.1) is 5.54 Å². The van der Waals surface area contributed by atoms with Crippen molar-refractivity contribution in [1.82, 2.24) is 10.1 Å². The van der Waals surface area contributed by atoms with E-state index in [0.717, 1.165) is 11.4 Å². The molecule has 0 aliphatic rings. The lowest BCUT2D eigenvalue weighted by Gasteiger charge is -2.02. The molecule has 0 bridgehead atoms. The van der Waals surface area contributed by atoms with E-state index in [1.165, 1.54) is 0 Å². The maximum atomic E-state index is 5.17. The van der Waals surface area contributed by atoms with Crippen LogP contribution in [0.5, 0.6) is 0 Å². The van der Waals surface area contributed by atoms with Crippen LogP contribution >= 0.6 is 0 Å². The Labute approximate surface area is 102 Å². The van der Waals surface area contributed by atoms with Gasteiger partial charge in [0.25, 0.3) is 0 Å². The first-order valence-corrected chi connectivity index (χ1v) is 8.96. The minimum atomic E-state index is -1.37. The fourth-order valence-electron chi connectivity index (χ4n) is 1.22. The quantitative estimate of drug-likeness (QED) is 0.570. The van der Waals surface area contributed by atoms with Crippen molar-refractivity contribution < 1.29 is 4.52 Å². The number of nitrogens with zero attached hydrogens (tertiary/aromatic N) is 2. The average molecular weight is 242 g/mol. The molecule has 0 atom stereocenters. The van der Waals surface area contributed by atoms with E-state index in [2.05, 4.69) is 41.2 Å². The highest BCUT2D eigenvalue weighted by Gasteiger charge is 2.09. The van der Waals surface area contributed by atoms with Crippen LogP contribution in [0.25, 0.3) is 11.4 Å². The molecule has 0 aliphatic heterocycles. The molecule has 86 valence electrons. The third-order valence-corrected chi connectivity index (χ3v) is 2.87.